The molecule has 2 rings (SSSR count). The van der Waals surface area contributed by atoms with Crippen LogP contribution in [0.3, 0.4) is 0 Å². The van der Waals surface area contributed by atoms with Gasteiger partial charge < -0.3 is 5.11 Å². The van der Waals surface area contributed by atoms with Crippen molar-refractivity contribution in [2.45, 2.75) is 38.2 Å². The summed E-state index contributed by atoms with van der Waals surface area (Å²) in [5, 5.41) is 10.3. The molecule has 1 aliphatic carbocycles. The fourth-order valence-corrected chi connectivity index (χ4v) is 3.13. The molecule has 1 aromatic carbocycles. The highest BCUT2D eigenvalue weighted by Gasteiger charge is 2.23. The number of hydrogen-bond donors (Lipinski definition) is 1. The number of aliphatic hydroxyl groups is 1. The Morgan fingerprint density at radius 2 is 1.80 bits per heavy atom. The molecule has 0 aliphatic heterocycles. The lowest BCUT2D eigenvalue weighted by atomic mass is 9.83. The van der Waals surface area contributed by atoms with Crippen LogP contribution >= 0.6 is 22.6 Å². The third-order valence-electron chi connectivity index (χ3n) is 3.32. The molecule has 1 aromatic rings. The number of benzene rings is 1. The van der Waals surface area contributed by atoms with Gasteiger partial charge in [-0.15, -0.1) is 0 Å². The molecule has 2 heteroatoms. The molecule has 1 N–H and O–H groups in total. The summed E-state index contributed by atoms with van der Waals surface area (Å²) in [6, 6.07) is 8.17. The van der Waals surface area contributed by atoms with E-state index in [2.05, 4.69) is 34.7 Å². The largest absolute Gasteiger partial charge is 0.388 e. The van der Waals surface area contributed by atoms with Crippen LogP contribution in [0.2, 0.25) is 0 Å². The van der Waals surface area contributed by atoms with E-state index in [4.69, 9.17) is 0 Å². The summed E-state index contributed by atoms with van der Waals surface area (Å²) in [5.74, 6) is 0.481. The molecule has 1 unspecified atom stereocenters. The standard InChI is InChI=1S/C13H17IO/c14-12-9-5-4-8-11(12)13(15)10-6-2-1-3-7-10/h4-5,8-10,13,15H,1-3,6-7H2. The zero-order chi connectivity index (χ0) is 10.7. The van der Waals surface area contributed by atoms with Crippen molar-refractivity contribution in [3.8, 4) is 0 Å². The first-order valence-corrected chi connectivity index (χ1v) is 6.79. The van der Waals surface area contributed by atoms with Crippen molar-refractivity contribution in [2.75, 3.05) is 0 Å². The smallest absolute Gasteiger partial charge is 0.0828 e. The summed E-state index contributed by atoms with van der Waals surface area (Å²) in [5.41, 5.74) is 1.12. The lowest BCUT2D eigenvalue weighted by Crippen LogP contribution is -2.16. The number of hydrogen-bond acceptors (Lipinski definition) is 1. The van der Waals surface area contributed by atoms with E-state index < -0.39 is 0 Å². The summed E-state index contributed by atoms with van der Waals surface area (Å²) in [7, 11) is 0. The predicted octanol–water partition coefficient (Wildman–Crippen LogP) is 3.90. The maximum absolute atomic E-state index is 10.3. The zero-order valence-electron chi connectivity index (χ0n) is 8.82. The molecule has 82 valence electrons. The third-order valence-corrected chi connectivity index (χ3v) is 4.30. The Morgan fingerprint density at radius 3 is 2.47 bits per heavy atom. The van der Waals surface area contributed by atoms with E-state index in [0.29, 0.717) is 5.92 Å². The van der Waals surface area contributed by atoms with Crippen LogP contribution in [0.1, 0.15) is 43.8 Å². The van der Waals surface area contributed by atoms with Crippen molar-refractivity contribution >= 4 is 22.6 Å². The van der Waals surface area contributed by atoms with Gasteiger partial charge in [-0.2, -0.15) is 0 Å². The molecule has 0 saturated heterocycles. The van der Waals surface area contributed by atoms with E-state index in [1.54, 1.807) is 0 Å². The Labute approximate surface area is 105 Å². The topological polar surface area (TPSA) is 20.2 Å². The average molecular weight is 316 g/mol. The molecule has 1 fully saturated rings. The fraction of sp³-hybridized carbons (Fsp3) is 0.538. The summed E-state index contributed by atoms with van der Waals surface area (Å²) >= 11 is 2.31. The van der Waals surface area contributed by atoms with Gasteiger partial charge >= 0.3 is 0 Å². The molecule has 0 radical (unpaired) electrons. The number of halogens is 1. The highest BCUT2D eigenvalue weighted by molar-refractivity contribution is 14.1. The maximum Gasteiger partial charge on any atom is 0.0828 e. The normalized spacial score (nSPS) is 20.1. The highest BCUT2D eigenvalue weighted by atomic mass is 127. The molecule has 15 heavy (non-hydrogen) atoms. The molecule has 1 aliphatic rings. The van der Waals surface area contributed by atoms with E-state index in [9.17, 15) is 5.11 Å². The third kappa shape index (κ3) is 2.72. The Morgan fingerprint density at radius 1 is 1.13 bits per heavy atom. The van der Waals surface area contributed by atoms with Gasteiger partial charge in [0.1, 0.15) is 0 Å². The summed E-state index contributed by atoms with van der Waals surface area (Å²) in [6.07, 6.45) is 6.03. The molecule has 0 bridgehead atoms. The highest BCUT2D eigenvalue weighted by Crippen LogP contribution is 2.35. The van der Waals surface area contributed by atoms with Crippen LogP contribution in [-0.2, 0) is 0 Å². The molecule has 0 spiro atoms. The SMILES string of the molecule is OC(c1ccccc1I)C1CCCCC1. The predicted molar refractivity (Wildman–Crippen MR) is 70.7 cm³/mol. The van der Waals surface area contributed by atoms with Crippen LogP contribution in [-0.4, -0.2) is 5.11 Å². The van der Waals surface area contributed by atoms with E-state index in [0.717, 1.165) is 5.56 Å². The lowest BCUT2D eigenvalue weighted by molar-refractivity contribution is 0.0842. The van der Waals surface area contributed by atoms with E-state index in [1.807, 2.05) is 12.1 Å². The Hall–Kier alpha value is -0.0900. The Kier molecular flexibility index (Phi) is 4.03. The van der Waals surface area contributed by atoms with E-state index in [-0.39, 0.29) is 6.10 Å². The van der Waals surface area contributed by atoms with Crippen LogP contribution in [0.4, 0.5) is 0 Å². The van der Waals surface area contributed by atoms with Crippen molar-refractivity contribution in [1.29, 1.82) is 0 Å². The van der Waals surface area contributed by atoms with E-state index >= 15 is 0 Å². The Bertz CT molecular complexity index is 318. The summed E-state index contributed by atoms with van der Waals surface area (Å²) in [6.45, 7) is 0. The number of aliphatic hydroxyl groups excluding tert-OH is 1. The van der Waals surface area contributed by atoms with Gasteiger partial charge in [-0.25, -0.2) is 0 Å². The molecule has 1 saturated carbocycles. The minimum atomic E-state index is -0.251. The van der Waals surface area contributed by atoms with Crippen LogP contribution in [0.15, 0.2) is 24.3 Å². The van der Waals surface area contributed by atoms with Gasteiger partial charge in [0, 0.05) is 3.57 Å². The minimum Gasteiger partial charge on any atom is -0.388 e. The van der Waals surface area contributed by atoms with Gasteiger partial charge in [0.15, 0.2) is 0 Å². The maximum atomic E-state index is 10.3. The second kappa shape index (κ2) is 5.30. The molecule has 1 nitrogen and oxygen atoms in total. The van der Waals surface area contributed by atoms with E-state index in [1.165, 1.54) is 35.7 Å². The second-order valence-electron chi connectivity index (χ2n) is 4.36. The first-order chi connectivity index (χ1) is 7.29. The lowest BCUT2D eigenvalue weighted by Gasteiger charge is -2.27. The van der Waals surface area contributed by atoms with Gasteiger partial charge in [0.05, 0.1) is 6.10 Å². The first-order valence-electron chi connectivity index (χ1n) is 5.71. The molecule has 0 heterocycles. The van der Waals surface area contributed by atoms with Gasteiger partial charge in [-0.3, -0.25) is 0 Å². The monoisotopic (exact) mass is 316 g/mol. The van der Waals surface area contributed by atoms with Crippen LogP contribution in [0.25, 0.3) is 0 Å². The fourth-order valence-electron chi connectivity index (χ4n) is 2.42. The number of rotatable bonds is 2. The Balaban J connectivity index is 2.12. The quantitative estimate of drug-likeness (QED) is 0.820. The van der Waals surface area contributed by atoms with Crippen molar-refractivity contribution in [3.05, 3.63) is 33.4 Å². The van der Waals surface area contributed by atoms with Crippen molar-refractivity contribution in [2.24, 2.45) is 5.92 Å². The van der Waals surface area contributed by atoms with Crippen molar-refractivity contribution in [1.82, 2.24) is 0 Å². The van der Waals surface area contributed by atoms with Crippen molar-refractivity contribution in [3.63, 3.8) is 0 Å². The molecule has 1 atom stereocenters. The van der Waals surface area contributed by atoms with Crippen molar-refractivity contribution < 1.29 is 5.11 Å². The molecule has 0 amide bonds. The second-order valence-corrected chi connectivity index (χ2v) is 5.53. The average Bonchev–Trinajstić information content (AvgIpc) is 2.30. The minimum absolute atomic E-state index is 0.251. The molecular formula is C13H17IO. The van der Waals surface area contributed by atoms with Crippen LogP contribution in [0, 0.1) is 9.49 Å². The van der Waals surface area contributed by atoms with Gasteiger partial charge in [-0.05, 0) is 53.0 Å². The van der Waals surface area contributed by atoms with Crippen LogP contribution in [0.5, 0.6) is 0 Å². The molecular weight excluding hydrogens is 299 g/mol. The van der Waals surface area contributed by atoms with Gasteiger partial charge in [-0.1, -0.05) is 37.5 Å². The summed E-state index contributed by atoms with van der Waals surface area (Å²) in [4.78, 5) is 0. The molecule has 0 aromatic heterocycles. The van der Waals surface area contributed by atoms with Crippen LogP contribution < -0.4 is 0 Å². The summed E-state index contributed by atoms with van der Waals surface area (Å²) < 4.78 is 1.19. The zero-order valence-corrected chi connectivity index (χ0v) is 11.0. The van der Waals surface area contributed by atoms with Gasteiger partial charge in [0.25, 0.3) is 0 Å². The first kappa shape index (κ1) is 11.4. The van der Waals surface area contributed by atoms with Gasteiger partial charge in [0.2, 0.25) is 0 Å².